The van der Waals surface area contributed by atoms with Crippen LogP contribution in [-0.4, -0.2) is 36.6 Å². The molecule has 154 valence electrons. The van der Waals surface area contributed by atoms with Gasteiger partial charge < -0.3 is 21.1 Å². The number of nitrogens with one attached hydrogen (secondary N) is 3. The number of amides is 2. The Morgan fingerprint density at radius 2 is 1.50 bits per heavy atom. The van der Waals surface area contributed by atoms with Crippen molar-refractivity contribution in [2.75, 3.05) is 19.0 Å². The number of rotatable bonds is 8. The van der Waals surface area contributed by atoms with E-state index in [1.807, 2.05) is 42.5 Å². The highest BCUT2D eigenvalue weighted by Crippen LogP contribution is 2.19. The van der Waals surface area contributed by atoms with Gasteiger partial charge in [-0.2, -0.15) is 0 Å². The molecule has 3 aromatic carbocycles. The summed E-state index contributed by atoms with van der Waals surface area (Å²) < 4.78 is 0. The van der Waals surface area contributed by atoms with Crippen molar-refractivity contribution in [3.05, 3.63) is 90.0 Å². The number of aliphatic hydroxyl groups is 1. The lowest BCUT2D eigenvalue weighted by Gasteiger charge is -2.13. The molecule has 2 amide bonds. The topological polar surface area (TPSA) is 90.5 Å². The van der Waals surface area contributed by atoms with Crippen LogP contribution >= 0.6 is 0 Å². The molecule has 0 spiro atoms. The van der Waals surface area contributed by atoms with Crippen molar-refractivity contribution >= 4 is 17.5 Å². The number of aliphatic hydroxyl groups excluding tert-OH is 1. The van der Waals surface area contributed by atoms with E-state index in [9.17, 15) is 9.59 Å². The third-order valence-corrected chi connectivity index (χ3v) is 4.78. The van der Waals surface area contributed by atoms with Gasteiger partial charge in [-0.05, 0) is 48.0 Å². The largest absolute Gasteiger partial charge is 0.394 e. The van der Waals surface area contributed by atoms with Gasteiger partial charge in [-0.3, -0.25) is 9.59 Å². The van der Waals surface area contributed by atoms with Crippen LogP contribution < -0.4 is 16.0 Å². The van der Waals surface area contributed by atoms with Crippen LogP contribution in [0.15, 0.2) is 78.9 Å². The fourth-order valence-corrected chi connectivity index (χ4v) is 2.97. The normalized spacial score (nSPS) is 11.5. The van der Waals surface area contributed by atoms with Crippen molar-refractivity contribution in [3.8, 4) is 11.1 Å². The van der Waals surface area contributed by atoms with E-state index in [4.69, 9.17) is 5.11 Å². The van der Waals surface area contributed by atoms with Crippen LogP contribution in [0.4, 0.5) is 5.69 Å². The van der Waals surface area contributed by atoms with E-state index < -0.39 is 6.04 Å². The third-order valence-electron chi connectivity index (χ3n) is 4.78. The van der Waals surface area contributed by atoms with Gasteiger partial charge in [0.05, 0.1) is 6.61 Å². The lowest BCUT2D eigenvalue weighted by molar-refractivity contribution is -0.118. The molecule has 0 aliphatic carbocycles. The number of hydrogen-bond donors (Lipinski definition) is 4. The molecule has 30 heavy (non-hydrogen) atoms. The summed E-state index contributed by atoms with van der Waals surface area (Å²) in [4.78, 5) is 24.4. The molecule has 0 unspecified atom stereocenters. The molecule has 0 aliphatic heterocycles. The standard InChI is InChI=1S/C24H25N3O3/c1-25-22(16-28)24(30)27-21-13-11-20(12-14-21)23(29)26-15-17-7-9-19(10-8-17)18-5-3-2-4-6-18/h2-14,22,25,28H,15-16H2,1H3,(H,26,29)(H,27,30)/t22-/m0/s1. The molecule has 0 radical (unpaired) electrons. The molecule has 0 aliphatic rings. The summed E-state index contributed by atoms with van der Waals surface area (Å²) in [7, 11) is 1.60. The van der Waals surface area contributed by atoms with Crippen molar-refractivity contribution in [3.63, 3.8) is 0 Å². The van der Waals surface area contributed by atoms with Crippen molar-refractivity contribution in [2.45, 2.75) is 12.6 Å². The Morgan fingerprint density at radius 3 is 2.10 bits per heavy atom. The number of anilines is 1. The van der Waals surface area contributed by atoms with Crippen molar-refractivity contribution in [1.29, 1.82) is 0 Å². The van der Waals surface area contributed by atoms with E-state index in [2.05, 4.69) is 28.1 Å². The van der Waals surface area contributed by atoms with Crippen LogP contribution in [0.3, 0.4) is 0 Å². The van der Waals surface area contributed by atoms with Crippen LogP contribution in [0.2, 0.25) is 0 Å². The first kappa shape index (κ1) is 21.2. The molecule has 6 nitrogen and oxygen atoms in total. The van der Waals surface area contributed by atoms with Crippen LogP contribution in [0.25, 0.3) is 11.1 Å². The molecular formula is C24H25N3O3. The molecule has 1 atom stereocenters. The Labute approximate surface area is 176 Å². The molecule has 0 aromatic heterocycles. The van der Waals surface area contributed by atoms with Crippen molar-refractivity contribution < 1.29 is 14.7 Å². The van der Waals surface area contributed by atoms with E-state index >= 15 is 0 Å². The summed E-state index contributed by atoms with van der Waals surface area (Å²) in [6, 6.07) is 24.1. The Morgan fingerprint density at radius 1 is 0.867 bits per heavy atom. The van der Waals surface area contributed by atoms with Crippen LogP contribution in [0, 0.1) is 0 Å². The first-order valence-corrected chi connectivity index (χ1v) is 9.72. The van der Waals surface area contributed by atoms with Gasteiger partial charge >= 0.3 is 0 Å². The zero-order valence-corrected chi connectivity index (χ0v) is 16.8. The summed E-state index contributed by atoms with van der Waals surface area (Å²) in [5.41, 5.74) is 4.35. The Balaban J connectivity index is 1.54. The fraction of sp³-hybridized carbons (Fsp3) is 0.167. The molecule has 0 fully saturated rings. The summed E-state index contributed by atoms with van der Waals surface area (Å²) in [5.74, 6) is -0.528. The maximum Gasteiger partial charge on any atom is 0.251 e. The highest BCUT2D eigenvalue weighted by Gasteiger charge is 2.15. The van der Waals surface area contributed by atoms with Gasteiger partial charge in [-0.15, -0.1) is 0 Å². The number of benzene rings is 3. The van der Waals surface area contributed by atoms with Crippen molar-refractivity contribution in [1.82, 2.24) is 10.6 Å². The van der Waals surface area contributed by atoms with Gasteiger partial charge in [0.2, 0.25) is 5.91 Å². The highest BCUT2D eigenvalue weighted by atomic mass is 16.3. The van der Waals surface area contributed by atoms with Gasteiger partial charge in [0.25, 0.3) is 5.91 Å². The molecule has 0 saturated heterocycles. The monoisotopic (exact) mass is 403 g/mol. The van der Waals surface area contributed by atoms with Crippen LogP contribution in [0.1, 0.15) is 15.9 Å². The van der Waals surface area contributed by atoms with E-state index in [-0.39, 0.29) is 18.4 Å². The third kappa shape index (κ3) is 5.53. The number of likely N-dealkylation sites (N-methyl/N-ethyl adjacent to an activating group) is 1. The average Bonchev–Trinajstić information content (AvgIpc) is 2.80. The number of hydrogen-bond acceptors (Lipinski definition) is 4. The number of carbonyl (C=O) groups excluding carboxylic acids is 2. The predicted molar refractivity (Wildman–Crippen MR) is 118 cm³/mol. The summed E-state index contributed by atoms with van der Waals surface area (Å²) in [5, 5.41) is 17.5. The fourth-order valence-electron chi connectivity index (χ4n) is 2.97. The second-order valence-electron chi connectivity index (χ2n) is 6.84. The Kier molecular flexibility index (Phi) is 7.32. The van der Waals surface area contributed by atoms with Gasteiger partial charge in [0.15, 0.2) is 0 Å². The molecule has 4 N–H and O–H groups in total. The van der Waals surface area contributed by atoms with E-state index in [0.717, 1.165) is 16.7 Å². The summed E-state index contributed by atoms with van der Waals surface area (Å²) in [6.45, 7) is 0.127. The van der Waals surface area contributed by atoms with Gasteiger partial charge in [-0.25, -0.2) is 0 Å². The molecule has 0 saturated carbocycles. The molecule has 0 bridgehead atoms. The molecule has 0 heterocycles. The minimum atomic E-state index is -0.679. The van der Waals surface area contributed by atoms with Crippen LogP contribution in [0.5, 0.6) is 0 Å². The second kappa shape index (κ2) is 10.3. The Hall–Kier alpha value is -3.48. The first-order valence-electron chi connectivity index (χ1n) is 9.72. The molecular weight excluding hydrogens is 378 g/mol. The lowest BCUT2D eigenvalue weighted by Crippen LogP contribution is -2.41. The SMILES string of the molecule is CN[C@@H](CO)C(=O)Nc1ccc(C(=O)NCc2ccc(-c3ccccc3)cc2)cc1. The minimum Gasteiger partial charge on any atom is -0.394 e. The molecule has 3 aromatic rings. The van der Waals surface area contributed by atoms with E-state index in [1.54, 1.807) is 31.3 Å². The number of carbonyl (C=O) groups is 2. The van der Waals surface area contributed by atoms with E-state index in [0.29, 0.717) is 17.8 Å². The van der Waals surface area contributed by atoms with Gasteiger partial charge in [0, 0.05) is 17.8 Å². The second-order valence-corrected chi connectivity index (χ2v) is 6.84. The quantitative estimate of drug-likeness (QED) is 0.466. The highest BCUT2D eigenvalue weighted by molar-refractivity contribution is 5.97. The van der Waals surface area contributed by atoms with Gasteiger partial charge in [0.1, 0.15) is 6.04 Å². The van der Waals surface area contributed by atoms with E-state index in [1.165, 1.54) is 0 Å². The summed E-state index contributed by atoms with van der Waals surface area (Å²) in [6.07, 6.45) is 0. The smallest absolute Gasteiger partial charge is 0.251 e. The van der Waals surface area contributed by atoms with Crippen LogP contribution in [-0.2, 0) is 11.3 Å². The predicted octanol–water partition coefficient (Wildman–Crippen LogP) is 2.80. The zero-order chi connectivity index (χ0) is 21.3. The van der Waals surface area contributed by atoms with Crippen molar-refractivity contribution in [2.24, 2.45) is 0 Å². The first-order chi connectivity index (χ1) is 14.6. The average molecular weight is 403 g/mol. The zero-order valence-electron chi connectivity index (χ0n) is 16.8. The lowest BCUT2D eigenvalue weighted by atomic mass is 10.0. The minimum absolute atomic E-state index is 0.191. The molecule has 6 heteroatoms. The maximum atomic E-state index is 12.4. The van der Waals surface area contributed by atoms with Gasteiger partial charge in [-0.1, -0.05) is 54.6 Å². The maximum absolute atomic E-state index is 12.4. The molecule has 3 rings (SSSR count). The Bertz CT molecular complexity index is 967. The summed E-state index contributed by atoms with van der Waals surface area (Å²) >= 11 is 0.